The van der Waals surface area contributed by atoms with E-state index in [0.29, 0.717) is 31.0 Å². The van der Waals surface area contributed by atoms with Crippen molar-refractivity contribution >= 4 is 11.9 Å². The maximum absolute atomic E-state index is 12.8. The number of rotatable bonds is 6. The number of hydrogen-bond donors (Lipinski definition) is 1. The first-order chi connectivity index (χ1) is 12.5. The van der Waals surface area contributed by atoms with E-state index in [2.05, 4.69) is 0 Å². The van der Waals surface area contributed by atoms with Gasteiger partial charge in [-0.1, -0.05) is 18.2 Å². The molecule has 4 rings (SSSR count). The third kappa shape index (κ3) is 2.38. The lowest BCUT2D eigenvalue weighted by molar-refractivity contribution is -0.148. The molecular weight excluding hydrogens is 338 g/mol. The Morgan fingerprint density at radius 2 is 2.12 bits per heavy atom. The normalized spacial score (nSPS) is 31.4. The number of ether oxygens (including phenoxy) is 3. The Kier molecular flexibility index (Phi) is 3.91. The number of hydrogen-bond acceptors (Lipinski definition) is 5. The molecule has 7 nitrogen and oxygen atoms in total. The number of aliphatic carboxylic acids is 1. The van der Waals surface area contributed by atoms with Gasteiger partial charge in [0, 0.05) is 6.54 Å². The molecule has 2 saturated heterocycles. The van der Waals surface area contributed by atoms with Crippen LogP contribution in [0.5, 0.6) is 11.5 Å². The Balaban J connectivity index is 1.48. The van der Waals surface area contributed by atoms with Crippen molar-refractivity contribution in [1.82, 2.24) is 4.90 Å². The number of methoxy groups -OCH3 is 2. The molecular formula is C19H21NO6. The molecule has 2 fully saturated rings. The van der Waals surface area contributed by atoms with E-state index >= 15 is 0 Å². The van der Waals surface area contributed by atoms with Gasteiger partial charge in [-0.15, -0.1) is 0 Å². The quantitative estimate of drug-likeness (QED) is 0.766. The molecule has 0 saturated carbocycles. The van der Waals surface area contributed by atoms with Crippen LogP contribution in [0, 0.1) is 11.8 Å². The molecule has 1 spiro atoms. The summed E-state index contributed by atoms with van der Waals surface area (Å²) >= 11 is 0. The van der Waals surface area contributed by atoms with Gasteiger partial charge in [-0.25, -0.2) is 0 Å². The average molecular weight is 359 g/mol. The maximum atomic E-state index is 12.8. The second-order valence-corrected chi connectivity index (χ2v) is 6.94. The molecule has 138 valence electrons. The number of carbonyl (C=O) groups is 2. The summed E-state index contributed by atoms with van der Waals surface area (Å²) < 4.78 is 16.4. The van der Waals surface area contributed by atoms with Gasteiger partial charge < -0.3 is 24.2 Å². The number of likely N-dealkylation sites (tertiary alicyclic amines) is 1. The van der Waals surface area contributed by atoms with Gasteiger partial charge in [0.2, 0.25) is 5.91 Å². The van der Waals surface area contributed by atoms with Gasteiger partial charge >= 0.3 is 5.97 Å². The first kappa shape index (κ1) is 16.9. The van der Waals surface area contributed by atoms with Crippen LogP contribution >= 0.6 is 0 Å². The summed E-state index contributed by atoms with van der Waals surface area (Å²) in [5, 5.41) is 9.49. The smallest absolute Gasteiger partial charge is 0.310 e. The average Bonchev–Trinajstić information content (AvgIpc) is 3.27. The summed E-state index contributed by atoms with van der Waals surface area (Å²) in [5.41, 5.74) is 0.239. The van der Waals surface area contributed by atoms with Crippen LogP contribution in [0.25, 0.3) is 0 Å². The monoisotopic (exact) mass is 359 g/mol. The van der Waals surface area contributed by atoms with Crippen molar-refractivity contribution in [2.75, 3.05) is 27.3 Å². The fraction of sp³-hybridized carbons (Fsp3) is 0.474. The highest BCUT2D eigenvalue weighted by atomic mass is 16.5. The Labute approximate surface area is 151 Å². The van der Waals surface area contributed by atoms with Gasteiger partial charge in [-0.05, 0) is 24.1 Å². The van der Waals surface area contributed by atoms with Crippen molar-refractivity contribution < 1.29 is 28.9 Å². The zero-order valence-corrected chi connectivity index (χ0v) is 14.7. The summed E-state index contributed by atoms with van der Waals surface area (Å²) in [4.78, 5) is 26.1. The van der Waals surface area contributed by atoms with Gasteiger partial charge in [-0.2, -0.15) is 0 Å². The van der Waals surface area contributed by atoms with E-state index in [1.807, 2.05) is 24.3 Å². The molecule has 2 bridgehead atoms. The van der Waals surface area contributed by atoms with Gasteiger partial charge in [0.05, 0.1) is 32.8 Å². The topological polar surface area (TPSA) is 85.3 Å². The van der Waals surface area contributed by atoms with E-state index in [4.69, 9.17) is 14.2 Å². The molecule has 0 unspecified atom stereocenters. The zero-order chi connectivity index (χ0) is 18.5. The minimum Gasteiger partial charge on any atom is -0.493 e. The zero-order valence-electron chi connectivity index (χ0n) is 14.7. The predicted molar refractivity (Wildman–Crippen MR) is 91.2 cm³/mol. The maximum Gasteiger partial charge on any atom is 0.310 e. The third-order valence-corrected chi connectivity index (χ3v) is 5.58. The van der Waals surface area contributed by atoms with Crippen LogP contribution in [0.3, 0.4) is 0 Å². The van der Waals surface area contributed by atoms with Crippen LogP contribution in [-0.2, 0) is 20.7 Å². The van der Waals surface area contributed by atoms with E-state index in [1.54, 1.807) is 25.2 Å². The summed E-state index contributed by atoms with van der Waals surface area (Å²) in [5.74, 6) is -1.23. The molecule has 3 aliphatic rings. The molecule has 1 amide bonds. The molecule has 3 heterocycles. The largest absolute Gasteiger partial charge is 0.493 e. The molecule has 4 atom stereocenters. The molecule has 1 aromatic rings. The lowest BCUT2D eigenvalue weighted by Gasteiger charge is -2.21. The highest BCUT2D eigenvalue weighted by Gasteiger charge is 2.66. The number of fused-ring (bicyclic) bond motifs is 1. The summed E-state index contributed by atoms with van der Waals surface area (Å²) in [7, 11) is 3.16. The first-order valence-corrected chi connectivity index (χ1v) is 8.59. The van der Waals surface area contributed by atoms with Crippen molar-refractivity contribution in [3.05, 3.63) is 35.9 Å². The Morgan fingerprint density at radius 1 is 1.35 bits per heavy atom. The standard InChI is InChI=1S/C19H21NO6/c1-24-12-4-3-11(9-14(12)25-2)6-8-20-10-19-7-5-13(26-19)15(18(22)23)16(19)17(20)21/h3-5,7,9,13,15-16H,6,8,10H2,1-2H3,(H,22,23)/t13-,15-,16-,19-/m1/s1. The molecule has 7 heteroatoms. The summed E-state index contributed by atoms with van der Waals surface area (Å²) in [6.45, 7) is 0.904. The van der Waals surface area contributed by atoms with Crippen LogP contribution < -0.4 is 9.47 Å². The van der Waals surface area contributed by atoms with Crippen molar-refractivity contribution in [2.45, 2.75) is 18.1 Å². The molecule has 3 aliphatic heterocycles. The van der Waals surface area contributed by atoms with E-state index < -0.39 is 29.5 Å². The molecule has 1 N–H and O–H groups in total. The Bertz CT molecular complexity index is 790. The van der Waals surface area contributed by atoms with Crippen molar-refractivity contribution in [3.63, 3.8) is 0 Å². The number of amides is 1. The van der Waals surface area contributed by atoms with Gasteiger partial charge in [0.1, 0.15) is 11.5 Å². The number of carboxylic acids is 1. The highest BCUT2D eigenvalue weighted by molar-refractivity contribution is 5.90. The second kappa shape index (κ2) is 6.02. The van der Waals surface area contributed by atoms with Crippen molar-refractivity contribution in [1.29, 1.82) is 0 Å². The number of carboxylic acid groups (broad SMARTS) is 1. The summed E-state index contributed by atoms with van der Waals surface area (Å²) in [6.07, 6.45) is 3.80. The van der Waals surface area contributed by atoms with Crippen LogP contribution in [0.4, 0.5) is 0 Å². The SMILES string of the molecule is COc1ccc(CCN2C[C@@]34C=C[C@@H](O3)[C@@H](C(=O)O)[C@@H]4C2=O)cc1OC. The minimum absolute atomic E-state index is 0.135. The number of nitrogens with zero attached hydrogens (tertiary/aromatic N) is 1. The van der Waals surface area contributed by atoms with E-state index in [0.717, 1.165) is 5.56 Å². The second-order valence-electron chi connectivity index (χ2n) is 6.94. The molecule has 0 aromatic heterocycles. The Hall–Kier alpha value is -2.54. The van der Waals surface area contributed by atoms with Crippen LogP contribution in [0.2, 0.25) is 0 Å². The van der Waals surface area contributed by atoms with Gasteiger partial charge in [0.15, 0.2) is 11.5 Å². The Morgan fingerprint density at radius 3 is 2.81 bits per heavy atom. The van der Waals surface area contributed by atoms with Crippen LogP contribution in [-0.4, -0.2) is 60.9 Å². The van der Waals surface area contributed by atoms with E-state index in [1.165, 1.54) is 0 Å². The molecule has 1 aromatic carbocycles. The molecule has 0 aliphatic carbocycles. The van der Waals surface area contributed by atoms with Crippen molar-refractivity contribution in [2.24, 2.45) is 11.8 Å². The van der Waals surface area contributed by atoms with Crippen LogP contribution in [0.1, 0.15) is 5.56 Å². The molecule has 26 heavy (non-hydrogen) atoms. The van der Waals surface area contributed by atoms with Gasteiger partial charge in [0.25, 0.3) is 0 Å². The van der Waals surface area contributed by atoms with E-state index in [-0.39, 0.29) is 5.91 Å². The lowest BCUT2D eigenvalue weighted by atomic mass is 9.77. The molecule has 0 radical (unpaired) electrons. The van der Waals surface area contributed by atoms with Crippen LogP contribution in [0.15, 0.2) is 30.4 Å². The summed E-state index contributed by atoms with van der Waals surface area (Å²) in [6, 6.07) is 5.66. The minimum atomic E-state index is -0.971. The van der Waals surface area contributed by atoms with Crippen molar-refractivity contribution in [3.8, 4) is 11.5 Å². The third-order valence-electron chi connectivity index (χ3n) is 5.58. The lowest BCUT2D eigenvalue weighted by Crippen LogP contribution is -2.39. The fourth-order valence-corrected chi connectivity index (χ4v) is 4.35. The van der Waals surface area contributed by atoms with E-state index in [9.17, 15) is 14.7 Å². The highest BCUT2D eigenvalue weighted by Crippen LogP contribution is 2.51. The predicted octanol–water partition coefficient (Wildman–Crippen LogP) is 1.11. The number of benzene rings is 1. The first-order valence-electron chi connectivity index (χ1n) is 8.59. The fourth-order valence-electron chi connectivity index (χ4n) is 4.35. The van der Waals surface area contributed by atoms with Gasteiger partial charge in [-0.3, -0.25) is 9.59 Å². The number of carbonyl (C=O) groups excluding carboxylic acids is 1.